The highest BCUT2D eigenvalue weighted by atomic mass is 35.5. The van der Waals surface area contributed by atoms with Crippen LogP contribution in [0.2, 0.25) is 0 Å². The van der Waals surface area contributed by atoms with Gasteiger partial charge in [0.05, 0.1) is 17.8 Å². The third-order valence-electron chi connectivity index (χ3n) is 7.69. The minimum Gasteiger partial charge on any atom is -0.395 e. The summed E-state index contributed by atoms with van der Waals surface area (Å²) < 4.78 is 1.42. The SMILES string of the molecule is CC(C)(N)C(=O)N1CCN(C(=O)Nc2ccn(-c3ccc(CN(CCO)C4CCC(N)CC4)cc3)c(=O)n2)CC1.Cl. The second-order valence-corrected chi connectivity index (χ2v) is 11.3. The molecule has 13 heteroatoms. The van der Waals surface area contributed by atoms with Crippen LogP contribution < -0.4 is 22.5 Å². The number of nitrogens with zero attached hydrogens (tertiary/aromatic N) is 5. The molecule has 0 bridgehead atoms. The topological polar surface area (TPSA) is 163 Å². The molecule has 3 amide bonds. The van der Waals surface area contributed by atoms with E-state index in [-0.39, 0.29) is 42.8 Å². The number of hydrogen-bond acceptors (Lipinski definition) is 8. The van der Waals surface area contributed by atoms with Crippen LogP contribution in [-0.2, 0) is 11.3 Å². The van der Waals surface area contributed by atoms with Gasteiger partial charge in [0.1, 0.15) is 5.82 Å². The molecule has 1 saturated carbocycles. The Morgan fingerprint density at radius 2 is 1.66 bits per heavy atom. The molecule has 12 nitrogen and oxygen atoms in total. The monoisotopic (exact) mass is 590 g/mol. The van der Waals surface area contributed by atoms with Crippen molar-refractivity contribution in [2.24, 2.45) is 11.5 Å². The number of carbonyl (C=O) groups is 2. The van der Waals surface area contributed by atoms with Crippen molar-refractivity contribution in [2.75, 3.05) is 44.6 Å². The molecule has 2 heterocycles. The van der Waals surface area contributed by atoms with Crippen LogP contribution in [0, 0.1) is 0 Å². The number of benzene rings is 1. The summed E-state index contributed by atoms with van der Waals surface area (Å²) in [6, 6.07) is 9.59. The molecule has 2 aliphatic rings. The fourth-order valence-electron chi connectivity index (χ4n) is 5.36. The van der Waals surface area contributed by atoms with E-state index in [2.05, 4.69) is 15.2 Å². The quantitative estimate of drug-likeness (QED) is 0.355. The third-order valence-corrected chi connectivity index (χ3v) is 7.69. The van der Waals surface area contributed by atoms with Crippen LogP contribution in [0.15, 0.2) is 41.3 Å². The van der Waals surface area contributed by atoms with Gasteiger partial charge in [-0.25, -0.2) is 9.59 Å². The summed E-state index contributed by atoms with van der Waals surface area (Å²) in [4.78, 5) is 47.5. The maximum Gasteiger partial charge on any atom is 0.354 e. The molecule has 1 aromatic carbocycles. The van der Waals surface area contributed by atoms with Crippen LogP contribution >= 0.6 is 12.4 Å². The molecule has 0 radical (unpaired) electrons. The molecule has 6 N–H and O–H groups in total. The molecule has 0 unspecified atom stereocenters. The number of aliphatic hydroxyl groups is 1. The zero-order valence-electron chi connectivity index (χ0n) is 23.9. The Kier molecular flexibility index (Phi) is 11.3. The normalized spacial score (nSPS) is 19.6. The largest absolute Gasteiger partial charge is 0.395 e. The average molecular weight is 591 g/mol. The van der Waals surface area contributed by atoms with Crippen LogP contribution in [-0.4, -0.2) is 98.2 Å². The van der Waals surface area contributed by atoms with Crippen LogP contribution in [0.3, 0.4) is 0 Å². The molecule has 1 aliphatic heterocycles. The maximum absolute atomic E-state index is 12.8. The molecule has 1 aromatic heterocycles. The summed E-state index contributed by atoms with van der Waals surface area (Å²) in [5.41, 5.74) is 12.3. The first-order valence-corrected chi connectivity index (χ1v) is 14.0. The van der Waals surface area contributed by atoms with E-state index in [1.54, 1.807) is 35.9 Å². The lowest BCUT2D eigenvalue weighted by Crippen LogP contribution is -2.58. The summed E-state index contributed by atoms with van der Waals surface area (Å²) in [7, 11) is 0. The second-order valence-electron chi connectivity index (χ2n) is 11.3. The molecule has 2 aromatic rings. The first kappa shape index (κ1) is 32.5. The van der Waals surface area contributed by atoms with Crippen molar-refractivity contribution in [2.45, 2.75) is 63.7 Å². The Bertz CT molecular complexity index is 1220. The zero-order valence-corrected chi connectivity index (χ0v) is 24.7. The van der Waals surface area contributed by atoms with Gasteiger partial charge in [0, 0.05) is 57.5 Å². The molecule has 0 atom stereocenters. The number of nitrogens with two attached hydrogens (primary N) is 2. The van der Waals surface area contributed by atoms with Crippen molar-refractivity contribution in [3.8, 4) is 5.69 Å². The number of piperazine rings is 1. The van der Waals surface area contributed by atoms with Gasteiger partial charge in [-0.15, -0.1) is 12.4 Å². The van der Waals surface area contributed by atoms with E-state index in [1.807, 2.05) is 24.3 Å². The average Bonchev–Trinajstić information content (AvgIpc) is 2.93. The van der Waals surface area contributed by atoms with Crippen LogP contribution in [0.25, 0.3) is 5.69 Å². The lowest BCUT2D eigenvalue weighted by molar-refractivity contribution is -0.137. The van der Waals surface area contributed by atoms with E-state index in [0.29, 0.717) is 51.0 Å². The number of anilines is 1. The minimum absolute atomic E-state index is 0. The molecular formula is C28H43ClN8O4. The summed E-state index contributed by atoms with van der Waals surface area (Å²) in [5.74, 6) is 0.0130. The molecule has 1 saturated heterocycles. The van der Waals surface area contributed by atoms with Crippen molar-refractivity contribution < 1.29 is 14.7 Å². The number of halogens is 1. The van der Waals surface area contributed by atoms with Gasteiger partial charge >= 0.3 is 11.7 Å². The number of urea groups is 1. The highest BCUT2D eigenvalue weighted by Gasteiger charge is 2.31. The van der Waals surface area contributed by atoms with Crippen molar-refractivity contribution in [3.05, 3.63) is 52.6 Å². The smallest absolute Gasteiger partial charge is 0.354 e. The Labute approximate surface area is 247 Å². The van der Waals surface area contributed by atoms with Gasteiger partial charge in [0.25, 0.3) is 0 Å². The van der Waals surface area contributed by atoms with Crippen LogP contribution in [0.4, 0.5) is 10.6 Å². The number of aromatic nitrogens is 2. The van der Waals surface area contributed by atoms with Gasteiger partial charge in [0.2, 0.25) is 5.91 Å². The first-order valence-electron chi connectivity index (χ1n) is 14.0. The van der Waals surface area contributed by atoms with E-state index >= 15 is 0 Å². The first-order chi connectivity index (χ1) is 19.0. The highest BCUT2D eigenvalue weighted by Crippen LogP contribution is 2.24. The third kappa shape index (κ3) is 8.49. The molecule has 2 fully saturated rings. The van der Waals surface area contributed by atoms with E-state index < -0.39 is 11.2 Å². The molecule has 4 rings (SSSR count). The van der Waals surface area contributed by atoms with E-state index in [4.69, 9.17) is 11.5 Å². The van der Waals surface area contributed by atoms with E-state index in [0.717, 1.165) is 31.2 Å². The predicted molar refractivity (Wildman–Crippen MR) is 160 cm³/mol. The molecule has 41 heavy (non-hydrogen) atoms. The number of aliphatic hydroxyl groups excluding tert-OH is 1. The fraction of sp³-hybridized carbons (Fsp3) is 0.571. The zero-order chi connectivity index (χ0) is 28.9. The number of rotatable bonds is 8. The standard InChI is InChI=1S/C28H42N8O4.ClH/c1-28(2,30)25(38)33-13-15-34(16-14-33)26(39)31-24-11-12-36(27(40)32-24)23-7-3-20(4-8-23)19-35(17-18-37)22-9-5-21(29)6-10-22;/h3-4,7-8,11-12,21-22,37H,5-6,9-10,13-19,29-30H2,1-2H3,(H,31,32,39,40);1H. The van der Waals surface area contributed by atoms with Gasteiger partial charge in [-0.2, -0.15) is 4.98 Å². The van der Waals surface area contributed by atoms with Crippen LogP contribution in [0.5, 0.6) is 0 Å². The molecule has 226 valence electrons. The lowest BCUT2D eigenvalue weighted by Gasteiger charge is -2.37. The number of carbonyl (C=O) groups excluding carboxylic acids is 2. The van der Waals surface area contributed by atoms with E-state index in [9.17, 15) is 19.5 Å². The molecule has 1 aliphatic carbocycles. The summed E-state index contributed by atoms with van der Waals surface area (Å²) in [5, 5.41) is 12.3. The van der Waals surface area contributed by atoms with Crippen molar-refractivity contribution in [1.29, 1.82) is 0 Å². The number of nitrogens with one attached hydrogen (secondary N) is 1. The van der Waals surface area contributed by atoms with E-state index in [1.165, 1.54) is 4.57 Å². The van der Waals surface area contributed by atoms with Gasteiger partial charge in [-0.05, 0) is 63.3 Å². The maximum atomic E-state index is 12.8. The Morgan fingerprint density at radius 1 is 1.05 bits per heavy atom. The van der Waals surface area contributed by atoms with Gasteiger partial charge in [-0.3, -0.25) is 19.6 Å². The van der Waals surface area contributed by atoms with Gasteiger partial charge in [0.15, 0.2) is 0 Å². The second kappa shape index (κ2) is 14.2. The van der Waals surface area contributed by atoms with Crippen molar-refractivity contribution in [3.63, 3.8) is 0 Å². The number of amides is 3. The van der Waals surface area contributed by atoms with Crippen molar-refractivity contribution >= 4 is 30.2 Å². The predicted octanol–water partition coefficient (Wildman–Crippen LogP) is 1.13. The van der Waals surface area contributed by atoms with Gasteiger partial charge in [-0.1, -0.05) is 12.1 Å². The Morgan fingerprint density at radius 3 is 2.22 bits per heavy atom. The fourth-order valence-corrected chi connectivity index (χ4v) is 5.36. The minimum atomic E-state index is -0.955. The Balaban J connectivity index is 0.00000462. The Hall–Kier alpha value is -3.03. The summed E-state index contributed by atoms with van der Waals surface area (Å²) in [6.07, 6.45) is 5.66. The van der Waals surface area contributed by atoms with Crippen LogP contribution in [0.1, 0.15) is 45.1 Å². The number of hydrogen-bond donors (Lipinski definition) is 4. The van der Waals surface area contributed by atoms with Crippen molar-refractivity contribution in [1.82, 2.24) is 24.3 Å². The van der Waals surface area contributed by atoms with Gasteiger partial charge < -0.3 is 26.4 Å². The highest BCUT2D eigenvalue weighted by molar-refractivity contribution is 5.89. The summed E-state index contributed by atoms with van der Waals surface area (Å²) >= 11 is 0. The summed E-state index contributed by atoms with van der Waals surface area (Å²) in [6.45, 7) is 6.27. The molecular weight excluding hydrogens is 548 g/mol. The lowest BCUT2D eigenvalue weighted by atomic mass is 9.90. The molecule has 0 spiro atoms.